The second kappa shape index (κ2) is 5.26. The van der Waals surface area contributed by atoms with Crippen molar-refractivity contribution in [1.29, 1.82) is 0 Å². The van der Waals surface area contributed by atoms with E-state index in [-0.39, 0.29) is 6.61 Å². The summed E-state index contributed by atoms with van der Waals surface area (Å²) in [6, 6.07) is 11.5. The average Bonchev–Trinajstić information content (AvgIpc) is 2.79. The molecule has 1 aromatic carbocycles. The fourth-order valence-electron chi connectivity index (χ4n) is 2.04. The summed E-state index contributed by atoms with van der Waals surface area (Å²) in [5.41, 5.74) is 2.52. The first kappa shape index (κ1) is 13.1. The van der Waals surface area contributed by atoms with Crippen LogP contribution in [-0.4, -0.2) is 14.5 Å². The van der Waals surface area contributed by atoms with Crippen LogP contribution in [0, 0.1) is 6.92 Å². The molecule has 2 aromatic heterocycles. The number of hydrogen-bond donors (Lipinski definition) is 1. The predicted molar refractivity (Wildman–Crippen MR) is 80.1 cm³/mol. The molecule has 0 fully saturated rings. The lowest BCUT2D eigenvalue weighted by Crippen LogP contribution is -1.95. The zero-order chi connectivity index (χ0) is 14.1. The minimum Gasteiger partial charge on any atom is -0.436 e. The van der Waals surface area contributed by atoms with E-state index in [0.717, 1.165) is 15.7 Å². The Hall–Kier alpha value is -1.85. The van der Waals surface area contributed by atoms with Gasteiger partial charge >= 0.3 is 0 Å². The highest BCUT2D eigenvalue weighted by Gasteiger charge is 2.14. The molecule has 0 aliphatic rings. The fraction of sp³-hybridized carbons (Fsp3) is 0.133. The number of aryl methyl sites for hydroxylation is 1. The van der Waals surface area contributed by atoms with E-state index >= 15 is 0 Å². The Labute approximate surface area is 124 Å². The molecule has 0 radical (unpaired) electrons. The fourth-order valence-corrected chi connectivity index (χ4v) is 2.62. The van der Waals surface area contributed by atoms with Crippen LogP contribution in [0.15, 0.2) is 47.1 Å². The van der Waals surface area contributed by atoms with Crippen molar-refractivity contribution >= 4 is 21.6 Å². The topological polar surface area (TPSA) is 46.8 Å². The van der Waals surface area contributed by atoms with Gasteiger partial charge in [0.05, 0.1) is 11.1 Å². The number of imidazole rings is 1. The number of hydrogen-bond acceptors (Lipinski definition) is 3. The highest BCUT2D eigenvalue weighted by molar-refractivity contribution is 9.10. The van der Waals surface area contributed by atoms with E-state index < -0.39 is 0 Å². The van der Waals surface area contributed by atoms with Gasteiger partial charge in [-0.15, -0.1) is 0 Å². The Morgan fingerprint density at radius 1 is 1.30 bits per heavy atom. The summed E-state index contributed by atoms with van der Waals surface area (Å²) in [5, 5.41) is 9.54. The predicted octanol–water partition coefficient (Wildman–Crippen LogP) is 3.69. The number of fused-ring (bicyclic) bond motifs is 1. The average molecular weight is 333 g/mol. The lowest BCUT2D eigenvalue weighted by atomic mass is 10.2. The molecular formula is C15H13BrN2O2. The minimum atomic E-state index is -0.135. The largest absolute Gasteiger partial charge is 0.436 e. The Kier molecular flexibility index (Phi) is 3.46. The molecule has 0 saturated carbocycles. The second-order valence-corrected chi connectivity index (χ2v) is 5.34. The van der Waals surface area contributed by atoms with Gasteiger partial charge in [0.1, 0.15) is 17.1 Å². The molecule has 0 bridgehead atoms. The number of pyridine rings is 1. The molecule has 0 atom stereocenters. The van der Waals surface area contributed by atoms with E-state index in [1.165, 1.54) is 0 Å². The summed E-state index contributed by atoms with van der Waals surface area (Å²) < 4.78 is 8.51. The Morgan fingerprint density at radius 2 is 2.15 bits per heavy atom. The normalized spacial score (nSPS) is 10.9. The van der Waals surface area contributed by atoms with Crippen molar-refractivity contribution < 1.29 is 9.84 Å². The van der Waals surface area contributed by atoms with Crippen molar-refractivity contribution in [3.8, 4) is 11.6 Å². The van der Waals surface area contributed by atoms with Crippen LogP contribution in [0.25, 0.3) is 5.65 Å². The Bertz CT molecular complexity index is 768. The molecule has 20 heavy (non-hydrogen) atoms. The first-order valence-corrected chi connectivity index (χ1v) is 6.99. The SMILES string of the molecule is Cc1ccc(Oc2nc3ccccn3c2CO)c(Br)c1. The van der Waals surface area contributed by atoms with Gasteiger partial charge in [0.25, 0.3) is 0 Å². The van der Waals surface area contributed by atoms with Crippen LogP contribution in [0.4, 0.5) is 0 Å². The molecule has 0 aliphatic carbocycles. The zero-order valence-corrected chi connectivity index (χ0v) is 12.5. The van der Waals surface area contributed by atoms with Crippen LogP contribution in [0.3, 0.4) is 0 Å². The molecule has 1 N–H and O–H groups in total. The van der Waals surface area contributed by atoms with Crippen molar-refractivity contribution in [2.45, 2.75) is 13.5 Å². The number of rotatable bonds is 3. The molecule has 0 aliphatic heterocycles. The van der Waals surface area contributed by atoms with Gasteiger partial charge < -0.3 is 9.84 Å². The number of halogens is 1. The zero-order valence-electron chi connectivity index (χ0n) is 10.9. The summed E-state index contributed by atoms with van der Waals surface area (Å²) in [5.74, 6) is 1.09. The first-order valence-electron chi connectivity index (χ1n) is 6.20. The summed E-state index contributed by atoms with van der Waals surface area (Å²) in [7, 11) is 0. The summed E-state index contributed by atoms with van der Waals surface area (Å²) in [4.78, 5) is 4.40. The van der Waals surface area contributed by atoms with Gasteiger partial charge in [-0.2, -0.15) is 4.98 Å². The maximum Gasteiger partial charge on any atom is 0.243 e. The summed E-state index contributed by atoms with van der Waals surface area (Å²) in [6.07, 6.45) is 1.85. The third-order valence-corrected chi connectivity index (χ3v) is 3.66. The van der Waals surface area contributed by atoms with Gasteiger partial charge in [-0.1, -0.05) is 12.1 Å². The van der Waals surface area contributed by atoms with E-state index in [2.05, 4.69) is 20.9 Å². The van der Waals surface area contributed by atoms with Crippen molar-refractivity contribution in [2.24, 2.45) is 0 Å². The van der Waals surface area contributed by atoms with E-state index in [1.807, 2.05) is 53.9 Å². The van der Waals surface area contributed by atoms with Gasteiger partial charge in [-0.3, -0.25) is 4.40 Å². The van der Waals surface area contributed by atoms with Crippen LogP contribution in [-0.2, 0) is 6.61 Å². The van der Waals surface area contributed by atoms with Crippen molar-refractivity contribution in [2.75, 3.05) is 0 Å². The monoisotopic (exact) mass is 332 g/mol. The summed E-state index contributed by atoms with van der Waals surface area (Å²) in [6.45, 7) is 1.88. The molecule has 3 aromatic rings. The van der Waals surface area contributed by atoms with E-state index in [4.69, 9.17) is 4.74 Å². The van der Waals surface area contributed by atoms with Gasteiger partial charge in [-0.05, 0) is 52.7 Å². The van der Waals surface area contributed by atoms with Crippen molar-refractivity contribution in [3.05, 3.63) is 58.3 Å². The molecule has 5 heteroatoms. The molecule has 0 spiro atoms. The van der Waals surface area contributed by atoms with Crippen LogP contribution < -0.4 is 4.74 Å². The second-order valence-electron chi connectivity index (χ2n) is 4.49. The Balaban J connectivity index is 2.06. The molecule has 0 unspecified atom stereocenters. The van der Waals surface area contributed by atoms with E-state index in [1.54, 1.807) is 0 Å². The van der Waals surface area contributed by atoms with E-state index in [9.17, 15) is 5.11 Å². The highest BCUT2D eigenvalue weighted by Crippen LogP contribution is 2.32. The third kappa shape index (κ3) is 2.30. The molecule has 2 heterocycles. The summed E-state index contributed by atoms with van der Waals surface area (Å²) >= 11 is 3.47. The number of nitrogens with zero attached hydrogens (tertiary/aromatic N) is 2. The number of aliphatic hydroxyl groups excluding tert-OH is 1. The minimum absolute atomic E-state index is 0.135. The number of aliphatic hydroxyl groups is 1. The quantitative estimate of drug-likeness (QED) is 0.795. The Morgan fingerprint density at radius 3 is 2.90 bits per heavy atom. The molecule has 102 valence electrons. The molecule has 0 saturated heterocycles. The molecular weight excluding hydrogens is 320 g/mol. The maximum absolute atomic E-state index is 9.54. The smallest absolute Gasteiger partial charge is 0.243 e. The van der Waals surface area contributed by atoms with Gasteiger partial charge in [0, 0.05) is 6.20 Å². The standard InChI is InChI=1S/C15H13BrN2O2/c1-10-5-6-13(11(16)8-10)20-15-12(9-19)18-7-3-2-4-14(18)17-15/h2-8,19H,9H2,1H3. The number of aromatic nitrogens is 2. The van der Waals surface area contributed by atoms with Crippen molar-refractivity contribution in [1.82, 2.24) is 9.38 Å². The molecule has 3 rings (SSSR count). The maximum atomic E-state index is 9.54. The van der Waals surface area contributed by atoms with E-state index in [0.29, 0.717) is 17.3 Å². The first-order chi connectivity index (χ1) is 9.69. The van der Waals surface area contributed by atoms with Crippen LogP contribution >= 0.6 is 15.9 Å². The van der Waals surface area contributed by atoms with Gasteiger partial charge in [0.15, 0.2) is 0 Å². The number of benzene rings is 1. The van der Waals surface area contributed by atoms with Crippen LogP contribution in [0.2, 0.25) is 0 Å². The lowest BCUT2D eigenvalue weighted by Gasteiger charge is -2.07. The number of ether oxygens (including phenoxy) is 1. The van der Waals surface area contributed by atoms with Crippen molar-refractivity contribution in [3.63, 3.8) is 0 Å². The molecule has 0 amide bonds. The highest BCUT2D eigenvalue weighted by atomic mass is 79.9. The molecule has 4 nitrogen and oxygen atoms in total. The van der Waals surface area contributed by atoms with Gasteiger partial charge in [-0.25, -0.2) is 0 Å². The lowest BCUT2D eigenvalue weighted by molar-refractivity contribution is 0.269. The third-order valence-electron chi connectivity index (χ3n) is 3.04. The van der Waals surface area contributed by atoms with Gasteiger partial charge in [0.2, 0.25) is 5.88 Å². The van der Waals surface area contributed by atoms with Crippen LogP contribution in [0.1, 0.15) is 11.3 Å². The van der Waals surface area contributed by atoms with Crippen LogP contribution in [0.5, 0.6) is 11.6 Å².